The van der Waals surface area contributed by atoms with Crippen molar-refractivity contribution in [2.24, 2.45) is 0 Å². The molecule has 6 heteroatoms. The van der Waals surface area contributed by atoms with Crippen molar-refractivity contribution in [3.8, 4) is 0 Å². The molecule has 2 heterocycles. The summed E-state index contributed by atoms with van der Waals surface area (Å²) in [7, 11) is 0. The van der Waals surface area contributed by atoms with Gasteiger partial charge in [-0.15, -0.1) is 0 Å². The molecule has 1 fully saturated rings. The summed E-state index contributed by atoms with van der Waals surface area (Å²) in [6.07, 6.45) is 1.79. The van der Waals surface area contributed by atoms with Gasteiger partial charge in [0, 0.05) is 23.3 Å². The molecule has 0 bridgehead atoms. The fourth-order valence-corrected chi connectivity index (χ4v) is 2.89. The molecule has 1 unspecified atom stereocenters. The molecule has 0 spiro atoms. The number of benzene rings is 1. The van der Waals surface area contributed by atoms with Crippen molar-refractivity contribution in [1.82, 2.24) is 10.1 Å². The summed E-state index contributed by atoms with van der Waals surface area (Å²) in [5.74, 6) is 0.602. The summed E-state index contributed by atoms with van der Waals surface area (Å²) in [4.78, 5) is 14.5. The largest absolute Gasteiger partial charge is 0.398 e. The van der Waals surface area contributed by atoms with E-state index in [1.165, 1.54) is 0 Å². The molecule has 1 aromatic carbocycles. The summed E-state index contributed by atoms with van der Waals surface area (Å²) >= 11 is 5.97. The monoisotopic (exact) mass is 305 g/mol. The first kappa shape index (κ1) is 13.9. The van der Waals surface area contributed by atoms with Gasteiger partial charge in [0.15, 0.2) is 5.76 Å². The third-order valence-corrected chi connectivity index (χ3v) is 3.97. The smallest absolute Gasteiger partial charge is 0.256 e. The maximum absolute atomic E-state index is 12.7. The van der Waals surface area contributed by atoms with Crippen molar-refractivity contribution >= 4 is 23.2 Å². The Balaban J connectivity index is 1.91. The average Bonchev–Trinajstić information content (AvgIpc) is 3.09. The summed E-state index contributed by atoms with van der Waals surface area (Å²) in [6, 6.07) is 6.73. The van der Waals surface area contributed by atoms with Crippen LogP contribution in [-0.2, 0) is 0 Å². The van der Waals surface area contributed by atoms with Gasteiger partial charge in [0.05, 0.1) is 17.3 Å². The SMILES string of the molecule is Cc1cc(C2CCCN2C(=O)c2cc(Cl)ccc2N)on1. The highest BCUT2D eigenvalue weighted by Gasteiger charge is 2.33. The predicted molar refractivity (Wildman–Crippen MR) is 80.1 cm³/mol. The second-order valence-electron chi connectivity index (χ2n) is 5.26. The number of nitrogens with zero attached hydrogens (tertiary/aromatic N) is 2. The number of nitrogen functional groups attached to an aromatic ring is 1. The molecule has 2 aromatic rings. The Kier molecular flexibility index (Phi) is 3.59. The Morgan fingerprint density at radius 2 is 2.29 bits per heavy atom. The fourth-order valence-electron chi connectivity index (χ4n) is 2.71. The molecule has 1 aliphatic heterocycles. The molecular weight excluding hydrogens is 290 g/mol. The second kappa shape index (κ2) is 5.41. The Morgan fingerprint density at radius 3 is 3.00 bits per heavy atom. The van der Waals surface area contributed by atoms with E-state index >= 15 is 0 Å². The Labute approximate surface area is 127 Å². The third kappa shape index (κ3) is 2.61. The maximum Gasteiger partial charge on any atom is 0.256 e. The van der Waals surface area contributed by atoms with Crippen LogP contribution >= 0.6 is 11.6 Å². The third-order valence-electron chi connectivity index (χ3n) is 3.73. The van der Waals surface area contributed by atoms with Crippen LogP contribution in [0.1, 0.15) is 40.7 Å². The minimum absolute atomic E-state index is 0.0860. The van der Waals surface area contributed by atoms with E-state index in [1.54, 1.807) is 23.1 Å². The number of aromatic nitrogens is 1. The summed E-state index contributed by atoms with van der Waals surface area (Å²) in [6.45, 7) is 2.54. The molecular formula is C15H16ClN3O2. The first-order valence-electron chi connectivity index (χ1n) is 6.85. The van der Waals surface area contributed by atoms with E-state index in [0.717, 1.165) is 24.3 Å². The molecule has 1 aromatic heterocycles. The first-order valence-corrected chi connectivity index (χ1v) is 7.23. The molecule has 0 aliphatic carbocycles. The number of amides is 1. The van der Waals surface area contributed by atoms with Gasteiger partial charge in [-0.05, 0) is 38.0 Å². The van der Waals surface area contributed by atoms with Crippen LogP contribution in [0.2, 0.25) is 5.02 Å². The molecule has 1 aliphatic rings. The Morgan fingerprint density at radius 1 is 1.48 bits per heavy atom. The molecule has 1 atom stereocenters. The van der Waals surface area contributed by atoms with E-state index in [-0.39, 0.29) is 11.9 Å². The van der Waals surface area contributed by atoms with Crippen molar-refractivity contribution in [3.05, 3.63) is 46.3 Å². The van der Waals surface area contributed by atoms with Gasteiger partial charge in [-0.2, -0.15) is 0 Å². The van der Waals surface area contributed by atoms with E-state index in [4.69, 9.17) is 21.9 Å². The number of nitrogens with two attached hydrogens (primary N) is 1. The standard InChI is InChI=1S/C15H16ClN3O2/c1-9-7-14(21-18-9)13-3-2-6-19(13)15(20)11-8-10(16)4-5-12(11)17/h4-5,7-8,13H,2-3,6,17H2,1H3. The normalized spacial score (nSPS) is 18.2. The quantitative estimate of drug-likeness (QED) is 0.865. The van der Waals surface area contributed by atoms with Crippen molar-refractivity contribution in [2.45, 2.75) is 25.8 Å². The summed E-state index contributed by atoms with van der Waals surface area (Å²) < 4.78 is 5.32. The highest BCUT2D eigenvalue weighted by atomic mass is 35.5. The molecule has 0 radical (unpaired) electrons. The van der Waals surface area contributed by atoms with Gasteiger partial charge < -0.3 is 15.2 Å². The van der Waals surface area contributed by atoms with Gasteiger partial charge in [-0.3, -0.25) is 4.79 Å². The molecule has 1 amide bonds. The van der Waals surface area contributed by atoms with Crippen LogP contribution in [-0.4, -0.2) is 22.5 Å². The molecule has 1 saturated heterocycles. The number of aryl methyl sites for hydroxylation is 1. The lowest BCUT2D eigenvalue weighted by molar-refractivity contribution is 0.0715. The van der Waals surface area contributed by atoms with Gasteiger partial charge in [-0.25, -0.2) is 0 Å². The van der Waals surface area contributed by atoms with Crippen LogP contribution in [0.4, 0.5) is 5.69 Å². The highest BCUT2D eigenvalue weighted by molar-refractivity contribution is 6.31. The maximum atomic E-state index is 12.7. The zero-order valence-electron chi connectivity index (χ0n) is 11.7. The van der Waals surface area contributed by atoms with Crippen molar-refractivity contribution in [2.75, 3.05) is 12.3 Å². The number of hydrogen-bond donors (Lipinski definition) is 1. The lowest BCUT2D eigenvalue weighted by Crippen LogP contribution is -2.31. The molecule has 110 valence electrons. The van der Waals surface area contributed by atoms with Crippen LogP contribution < -0.4 is 5.73 Å². The van der Waals surface area contributed by atoms with E-state index in [1.807, 2.05) is 13.0 Å². The number of carbonyl (C=O) groups is 1. The van der Waals surface area contributed by atoms with Crippen LogP contribution in [0.15, 0.2) is 28.8 Å². The predicted octanol–water partition coefficient (Wildman–Crippen LogP) is 3.20. The molecule has 21 heavy (non-hydrogen) atoms. The van der Waals surface area contributed by atoms with Gasteiger partial charge in [0.2, 0.25) is 0 Å². The number of anilines is 1. The van der Waals surface area contributed by atoms with Crippen molar-refractivity contribution in [3.63, 3.8) is 0 Å². The zero-order valence-corrected chi connectivity index (χ0v) is 12.4. The van der Waals surface area contributed by atoms with Crippen molar-refractivity contribution < 1.29 is 9.32 Å². The molecule has 5 nitrogen and oxygen atoms in total. The molecule has 0 saturated carbocycles. The highest BCUT2D eigenvalue weighted by Crippen LogP contribution is 2.34. The van der Waals surface area contributed by atoms with Gasteiger partial charge in [-0.1, -0.05) is 16.8 Å². The second-order valence-corrected chi connectivity index (χ2v) is 5.70. The van der Waals surface area contributed by atoms with Crippen LogP contribution in [0.3, 0.4) is 0 Å². The van der Waals surface area contributed by atoms with Crippen LogP contribution in [0, 0.1) is 6.92 Å². The van der Waals surface area contributed by atoms with E-state index < -0.39 is 0 Å². The summed E-state index contributed by atoms with van der Waals surface area (Å²) in [5.41, 5.74) is 7.59. The van der Waals surface area contributed by atoms with Gasteiger partial charge >= 0.3 is 0 Å². The number of halogens is 1. The van der Waals surface area contributed by atoms with Gasteiger partial charge in [0.1, 0.15) is 0 Å². The van der Waals surface area contributed by atoms with Crippen LogP contribution in [0.25, 0.3) is 0 Å². The minimum atomic E-state index is -0.119. The van der Waals surface area contributed by atoms with E-state index in [0.29, 0.717) is 22.8 Å². The van der Waals surface area contributed by atoms with Crippen LogP contribution in [0.5, 0.6) is 0 Å². The topological polar surface area (TPSA) is 72.4 Å². The molecule has 2 N–H and O–H groups in total. The minimum Gasteiger partial charge on any atom is -0.398 e. The number of hydrogen-bond acceptors (Lipinski definition) is 4. The van der Waals surface area contributed by atoms with Crippen molar-refractivity contribution in [1.29, 1.82) is 0 Å². The average molecular weight is 306 g/mol. The molecule has 3 rings (SSSR count). The lowest BCUT2D eigenvalue weighted by atomic mass is 10.1. The zero-order chi connectivity index (χ0) is 15.0. The first-order chi connectivity index (χ1) is 10.1. The number of carbonyl (C=O) groups excluding carboxylic acids is 1. The van der Waals surface area contributed by atoms with E-state index in [2.05, 4.69) is 5.16 Å². The van der Waals surface area contributed by atoms with E-state index in [9.17, 15) is 4.79 Å². The Bertz CT molecular complexity index is 683. The fraction of sp³-hybridized carbons (Fsp3) is 0.333. The van der Waals surface area contributed by atoms with Gasteiger partial charge in [0.25, 0.3) is 5.91 Å². The Hall–Kier alpha value is -2.01. The number of rotatable bonds is 2. The lowest BCUT2D eigenvalue weighted by Gasteiger charge is -2.23. The number of likely N-dealkylation sites (tertiary alicyclic amines) is 1. The summed E-state index contributed by atoms with van der Waals surface area (Å²) in [5, 5.41) is 4.40.